The molecule has 3 heteroatoms. The van der Waals surface area contributed by atoms with Crippen molar-refractivity contribution in [3.8, 4) is 5.75 Å². The molecule has 0 saturated heterocycles. The molecule has 0 radical (unpaired) electrons. The van der Waals surface area contributed by atoms with Gasteiger partial charge in [-0.3, -0.25) is 0 Å². The van der Waals surface area contributed by atoms with Crippen molar-refractivity contribution in [2.75, 3.05) is 0 Å². The number of fused-ring (bicyclic) bond motifs is 1. The Bertz CT molecular complexity index is 774. The van der Waals surface area contributed by atoms with Gasteiger partial charge in [-0.25, -0.2) is 4.98 Å². The van der Waals surface area contributed by atoms with Crippen molar-refractivity contribution in [3.05, 3.63) is 59.4 Å². The van der Waals surface area contributed by atoms with Crippen molar-refractivity contribution in [2.45, 2.75) is 33.2 Å². The molecule has 21 heavy (non-hydrogen) atoms. The molecule has 0 amide bonds. The smallest absolute Gasteiger partial charge is 0.115 e. The van der Waals surface area contributed by atoms with Gasteiger partial charge in [-0.05, 0) is 48.7 Å². The van der Waals surface area contributed by atoms with Crippen molar-refractivity contribution in [1.82, 2.24) is 9.55 Å². The highest BCUT2D eigenvalue weighted by Crippen LogP contribution is 2.21. The van der Waals surface area contributed by atoms with Crippen LogP contribution in [0.5, 0.6) is 5.75 Å². The predicted octanol–water partition coefficient (Wildman–Crippen LogP) is 4.05. The highest BCUT2D eigenvalue weighted by atomic mass is 16.3. The molecule has 0 aliphatic rings. The number of nitrogens with zero attached hydrogens (tertiary/aromatic N) is 2. The fraction of sp³-hybridized carbons (Fsp3) is 0.278. The number of phenols is 1. The molecule has 0 unspecified atom stereocenters. The number of imidazole rings is 1. The molecule has 0 aliphatic carbocycles. The van der Waals surface area contributed by atoms with Crippen LogP contribution in [0.15, 0.2) is 42.5 Å². The fourth-order valence-electron chi connectivity index (χ4n) is 2.75. The van der Waals surface area contributed by atoms with Gasteiger partial charge in [-0.2, -0.15) is 0 Å². The van der Waals surface area contributed by atoms with Crippen LogP contribution in [-0.4, -0.2) is 14.7 Å². The summed E-state index contributed by atoms with van der Waals surface area (Å²) < 4.78 is 2.29. The largest absolute Gasteiger partial charge is 0.508 e. The van der Waals surface area contributed by atoms with Gasteiger partial charge in [0.15, 0.2) is 0 Å². The number of rotatable bonds is 4. The van der Waals surface area contributed by atoms with E-state index in [9.17, 15) is 5.11 Å². The van der Waals surface area contributed by atoms with E-state index in [4.69, 9.17) is 4.98 Å². The van der Waals surface area contributed by atoms with E-state index < -0.39 is 0 Å². The van der Waals surface area contributed by atoms with E-state index in [1.54, 1.807) is 12.1 Å². The lowest BCUT2D eigenvalue weighted by Gasteiger charge is -2.08. The molecule has 108 valence electrons. The summed E-state index contributed by atoms with van der Waals surface area (Å²) in [5.41, 5.74) is 4.56. The molecule has 3 aromatic rings. The Balaban J connectivity index is 2.06. The lowest BCUT2D eigenvalue weighted by Crippen LogP contribution is -2.04. The van der Waals surface area contributed by atoms with Gasteiger partial charge in [0.1, 0.15) is 11.6 Å². The highest BCUT2D eigenvalue weighted by molar-refractivity contribution is 5.77. The van der Waals surface area contributed by atoms with E-state index in [2.05, 4.69) is 36.6 Å². The summed E-state index contributed by atoms with van der Waals surface area (Å²) in [4.78, 5) is 4.80. The zero-order valence-electron chi connectivity index (χ0n) is 12.5. The second-order valence-corrected chi connectivity index (χ2v) is 5.52. The molecule has 0 spiro atoms. The number of aromatic nitrogens is 2. The van der Waals surface area contributed by atoms with Gasteiger partial charge < -0.3 is 9.67 Å². The number of aryl methyl sites for hydroxylation is 2. The van der Waals surface area contributed by atoms with Crippen LogP contribution in [0, 0.1) is 6.92 Å². The first kappa shape index (κ1) is 13.7. The molecule has 1 N–H and O–H groups in total. The summed E-state index contributed by atoms with van der Waals surface area (Å²) in [6.45, 7) is 5.24. The summed E-state index contributed by atoms with van der Waals surface area (Å²) in [6.07, 6.45) is 1.81. The highest BCUT2D eigenvalue weighted by Gasteiger charge is 2.11. The monoisotopic (exact) mass is 280 g/mol. The minimum atomic E-state index is 0.307. The number of hydrogen-bond donors (Lipinski definition) is 1. The molecule has 0 saturated carbocycles. The summed E-state index contributed by atoms with van der Waals surface area (Å²) in [6, 6.07) is 13.8. The van der Waals surface area contributed by atoms with E-state index in [0.29, 0.717) is 5.75 Å². The molecule has 0 aliphatic heterocycles. The lowest BCUT2D eigenvalue weighted by molar-refractivity contribution is 0.474. The maximum Gasteiger partial charge on any atom is 0.115 e. The zero-order chi connectivity index (χ0) is 14.8. The van der Waals surface area contributed by atoms with E-state index in [1.807, 2.05) is 12.1 Å². The Kier molecular flexibility index (Phi) is 3.65. The average Bonchev–Trinajstić information content (AvgIpc) is 2.76. The Labute approximate surface area is 124 Å². The number of phenolic OH excluding ortho intramolecular Hbond substituents is 1. The maximum absolute atomic E-state index is 9.61. The molecule has 3 nitrogen and oxygen atoms in total. The van der Waals surface area contributed by atoms with Crippen LogP contribution in [-0.2, 0) is 13.0 Å². The van der Waals surface area contributed by atoms with E-state index in [-0.39, 0.29) is 0 Å². The molecule has 1 aromatic heterocycles. The van der Waals surface area contributed by atoms with E-state index in [0.717, 1.165) is 36.3 Å². The van der Waals surface area contributed by atoms with Gasteiger partial charge in [-0.1, -0.05) is 25.1 Å². The fourth-order valence-corrected chi connectivity index (χ4v) is 2.75. The summed E-state index contributed by atoms with van der Waals surface area (Å²) in [5, 5.41) is 9.61. The van der Waals surface area contributed by atoms with Crippen molar-refractivity contribution < 1.29 is 5.11 Å². The molecular formula is C18H20N2O. The first-order chi connectivity index (χ1) is 10.2. The second-order valence-electron chi connectivity index (χ2n) is 5.52. The molecule has 2 aromatic carbocycles. The second kappa shape index (κ2) is 5.60. The third kappa shape index (κ3) is 2.77. The molecule has 0 bridgehead atoms. The van der Waals surface area contributed by atoms with Gasteiger partial charge in [0.25, 0.3) is 0 Å². The van der Waals surface area contributed by atoms with Crippen LogP contribution in [0.2, 0.25) is 0 Å². The summed E-state index contributed by atoms with van der Waals surface area (Å²) >= 11 is 0. The first-order valence-corrected chi connectivity index (χ1v) is 7.41. The van der Waals surface area contributed by atoms with Gasteiger partial charge in [0.05, 0.1) is 11.0 Å². The topological polar surface area (TPSA) is 38.0 Å². The Morgan fingerprint density at radius 3 is 2.76 bits per heavy atom. The maximum atomic E-state index is 9.61. The van der Waals surface area contributed by atoms with Crippen LogP contribution < -0.4 is 0 Å². The minimum absolute atomic E-state index is 0.307. The summed E-state index contributed by atoms with van der Waals surface area (Å²) in [5.74, 6) is 1.37. The van der Waals surface area contributed by atoms with Crippen LogP contribution in [0.25, 0.3) is 11.0 Å². The Hall–Kier alpha value is -2.29. The third-order valence-electron chi connectivity index (χ3n) is 3.70. The molecule has 1 heterocycles. The van der Waals surface area contributed by atoms with Crippen molar-refractivity contribution in [1.29, 1.82) is 0 Å². The van der Waals surface area contributed by atoms with Crippen molar-refractivity contribution >= 4 is 11.0 Å². The van der Waals surface area contributed by atoms with Gasteiger partial charge in [-0.15, -0.1) is 0 Å². The normalized spacial score (nSPS) is 11.1. The van der Waals surface area contributed by atoms with Gasteiger partial charge in [0.2, 0.25) is 0 Å². The van der Waals surface area contributed by atoms with Crippen LogP contribution in [0.1, 0.15) is 30.3 Å². The van der Waals surface area contributed by atoms with Crippen LogP contribution >= 0.6 is 0 Å². The molecular weight excluding hydrogens is 260 g/mol. The summed E-state index contributed by atoms with van der Waals surface area (Å²) in [7, 11) is 0. The lowest BCUT2D eigenvalue weighted by atomic mass is 10.1. The van der Waals surface area contributed by atoms with Gasteiger partial charge in [0, 0.05) is 13.0 Å². The van der Waals surface area contributed by atoms with Crippen molar-refractivity contribution in [2.24, 2.45) is 0 Å². The average molecular weight is 280 g/mol. The minimum Gasteiger partial charge on any atom is -0.508 e. The van der Waals surface area contributed by atoms with Gasteiger partial charge >= 0.3 is 0 Å². The predicted molar refractivity (Wildman–Crippen MR) is 85.7 cm³/mol. The zero-order valence-corrected chi connectivity index (χ0v) is 12.5. The first-order valence-electron chi connectivity index (χ1n) is 7.41. The van der Waals surface area contributed by atoms with E-state index >= 15 is 0 Å². The molecule has 0 atom stereocenters. The van der Waals surface area contributed by atoms with Crippen LogP contribution in [0.4, 0.5) is 0 Å². The quantitative estimate of drug-likeness (QED) is 0.783. The van der Waals surface area contributed by atoms with Crippen molar-refractivity contribution in [3.63, 3.8) is 0 Å². The van der Waals surface area contributed by atoms with E-state index in [1.165, 1.54) is 11.1 Å². The SMILES string of the molecule is CCCn1c(Cc2cccc(O)c2)nc2cc(C)ccc21. The van der Waals surface area contributed by atoms with Crippen LogP contribution in [0.3, 0.4) is 0 Å². The number of hydrogen-bond acceptors (Lipinski definition) is 2. The number of aromatic hydroxyl groups is 1. The molecule has 0 fully saturated rings. The Morgan fingerprint density at radius 2 is 2.00 bits per heavy atom. The molecule has 3 rings (SSSR count). The standard InChI is InChI=1S/C18H20N2O/c1-3-9-20-17-8-7-13(2)10-16(17)19-18(20)12-14-5-4-6-15(21)11-14/h4-8,10-11,21H,3,9,12H2,1-2H3. The third-order valence-corrected chi connectivity index (χ3v) is 3.70. The number of benzene rings is 2. The Morgan fingerprint density at radius 1 is 1.14 bits per heavy atom.